The highest BCUT2D eigenvalue weighted by atomic mass is 79.9. The van der Waals surface area contributed by atoms with E-state index < -0.39 is 6.10 Å². The first-order valence-corrected chi connectivity index (χ1v) is 6.63. The third kappa shape index (κ3) is 3.54. The van der Waals surface area contributed by atoms with Gasteiger partial charge in [-0.25, -0.2) is 0 Å². The molecule has 0 saturated carbocycles. The van der Waals surface area contributed by atoms with Crippen LogP contribution >= 0.6 is 31.9 Å². The van der Waals surface area contributed by atoms with Gasteiger partial charge in [-0.1, -0.05) is 20.3 Å². The Morgan fingerprint density at radius 3 is 2.67 bits per heavy atom. The van der Waals surface area contributed by atoms with Crippen LogP contribution in [0.5, 0.6) is 0 Å². The van der Waals surface area contributed by atoms with Gasteiger partial charge in [0, 0.05) is 15.1 Å². The highest BCUT2D eigenvalue weighted by molar-refractivity contribution is 9.11. The number of aromatic nitrogens is 1. The fourth-order valence-electron chi connectivity index (χ4n) is 1.53. The zero-order chi connectivity index (χ0) is 11.4. The van der Waals surface area contributed by atoms with Crippen LogP contribution in [-0.4, -0.2) is 10.1 Å². The maximum Gasteiger partial charge on any atom is 0.0996 e. The second-order valence-corrected chi connectivity index (χ2v) is 5.50. The van der Waals surface area contributed by atoms with Gasteiger partial charge in [-0.2, -0.15) is 0 Å². The number of aliphatic hydroxyl groups excluding tert-OH is 1. The molecule has 84 valence electrons. The van der Waals surface area contributed by atoms with E-state index in [1.165, 1.54) is 0 Å². The highest BCUT2D eigenvalue weighted by Gasteiger charge is 2.19. The molecule has 0 fully saturated rings. The molecule has 1 N–H and O–H groups in total. The number of hydrogen-bond acceptors (Lipinski definition) is 2. The van der Waals surface area contributed by atoms with Crippen molar-refractivity contribution in [3.05, 3.63) is 26.9 Å². The maximum atomic E-state index is 10.1. The molecule has 1 heterocycles. The van der Waals surface area contributed by atoms with E-state index in [-0.39, 0.29) is 5.92 Å². The summed E-state index contributed by atoms with van der Waals surface area (Å²) in [6.45, 7) is 4.16. The predicted molar refractivity (Wildman–Crippen MR) is 68.7 cm³/mol. The van der Waals surface area contributed by atoms with E-state index in [1.807, 2.05) is 13.0 Å². The Morgan fingerprint density at radius 1 is 1.47 bits per heavy atom. The lowest BCUT2D eigenvalue weighted by Gasteiger charge is -2.18. The Kier molecular flexibility index (Phi) is 5.23. The number of rotatable bonds is 4. The molecule has 0 aliphatic carbocycles. The van der Waals surface area contributed by atoms with E-state index in [4.69, 9.17) is 0 Å². The van der Waals surface area contributed by atoms with Crippen molar-refractivity contribution in [3.63, 3.8) is 0 Å². The fourth-order valence-corrected chi connectivity index (χ4v) is 2.75. The largest absolute Gasteiger partial charge is 0.386 e. The minimum absolute atomic E-state index is 0.236. The van der Waals surface area contributed by atoms with Gasteiger partial charge in [-0.3, -0.25) is 4.98 Å². The van der Waals surface area contributed by atoms with E-state index in [9.17, 15) is 5.11 Å². The van der Waals surface area contributed by atoms with Crippen LogP contribution in [0.1, 0.15) is 38.5 Å². The molecule has 0 aromatic carbocycles. The lowest BCUT2D eigenvalue weighted by Crippen LogP contribution is -2.11. The summed E-state index contributed by atoms with van der Waals surface area (Å²) in [7, 11) is 0. The Labute approximate surface area is 107 Å². The van der Waals surface area contributed by atoms with Crippen LogP contribution in [-0.2, 0) is 0 Å². The molecule has 1 rings (SSSR count). The van der Waals surface area contributed by atoms with Crippen molar-refractivity contribution < 1.29 is 5.11 Å². The molecule has 15 heavy (non-hydrogen) atoms. The van der Waals surface area contributed by atoms with Gasteiger partial charge < -0.3 is 5.11 Å². The molecular weight excluding hydrogens is 322 g/mol. The molecule has 2 atom stereocenters. The number of nitrogens with zero attached hydrogens (tertiary/aromatic N) is 1. The third-order valence-electron chi connectivity index (χ3n) is 2.40. The quantitative estimate of drug-likeness (QED) is 0.898. The van der Waals surface area contributed by atoms with Crippen LogP contribution in [0.15, 0.2) is 21.2 Å². The van der Waals surface area contributed by atoms with E-state index in [0.717, 1.165) is 27.5 Å². The molecule has 2 nitrogen and oxygen atoms in total. The SMILES string of the molecule is CCCC(C)C(O)c1ncc(Br)cc1Br. The molecule has 0 bridgehead atoms. The summed E-state index contributed by atoms with van der Waals surface area (Å²) >= 11 is 6.75. The normalized spacial score (nSPS) is 15.0. The number of hydrogen-bond donors (Lipinski definition) is 1. The van der Waals surface area contributed by atoms with Gasteiger partial charge in [0.25, 0.3) is 0 Å². The van der Waals surface area contributed by atoms with Crippen LogP contribution in [0.2, 0.25) is 0 Å². The van der Waals surface area contributed by atoms with Crippen LogP contribution in [0.4, 0.5) is 0 Å². The van der Waals surface area contributed by atoms with Crippen LogP contribution in [0, 0.1) is 5.92 Å². The Bertz CT molecular complexity index is 330. The Morgan fingerprint density at radius 2 is 2.13 bits per heavy atom. The summed E-state index contributed by atoms with van der Waals surface area (Å²) in [6.07, 6.45) is 3.30. The van der Waals surface area contributed by atoms with Crippen molar-refractivity contribution >= 4 is 31.9 Å². The molecule has 0 aliphatic heterocycles. The van der Waals surface area contributed by atoms with Gasteiger partial charge in [0.15, 0.2) is 0 Å². The van der Waals surface area contributed by atoms with Crippen LogP contribution in [0.25, 0.3) is 0 Å². The van der Waals surface area contributed by atoms with Crippen LogP contribution < -0.4 is 0 Å². The molecule has 0 radical (unpaired) electrons. The van der Waals surface area contributed by atoms with Crippen molar-refractivity contribution in [1.29, 1.82) is 0 Å². The first-order chi connectivity index (χ1) is 7.06. The second kappa shape index (κ2) is 5.97. The van der Waals surface area contributed by atoms with E-state index in [0.29, 0.717) is 0 Å². The van der Waals surface area contributed by atoms with Crippen molar-refractivity contribution in [3.8, 4) is 0 Å². The summed E-state index contributed by atoms with van der Waals surface area (Å²) in [5.74, 6) is 0.236. The molecule has 2 unspecified atom stereocenters. The van der Waals surface area contributed by atoms with E-state index in [1.54, 1.807) is 6.20 Å². The first kappa shape index (κ1) is 13.1. The maximum absolute atomic E-state index is 10.1. The summed E-state index contributed by atoms with van der Waals surface area (Å²) in [5.41, 5.74) is 0.721. The Hall–Kier alpha value is 0.0700. The molecule has 0 saturated heterocycles. The Balaban J connectivity index is 2.86. The number of aliphatic hydroxyl groups is 1. The lowest BCUT2D eigenvalue weighted by atomic mass is 9.97. The van der Waals surface area contributed by atoms with Gasteiger partial charge in [0.1, 0.15) is 0 Å². The van der Waals surface area contributed by atoms with Crippen molar-refractivity contribution in [1.82, 2.24) is 4.98 Å². The van der Waals surface area contributed by atoms with Crippen LogP contribution in [0.3, 0.4) is 0 Å². The van der Waals surface area contributed by atoms with Gasteiger partial charge in [-0.15, -0.1) is 0 Å². The standard InChI is InChI=1S/C11H15Br2NO/c1-3-4-7(2)11(15)10-9(13)5-8(12)6-14-10/h5-7,11,15H,3-4H2,1-2H3. The average molecular weight is 337 g/mol. The van der Waals surface area contributed by atoms with Crippen molar-refractivity contribution in [2.24, 2.45) is 5.92 Å². The summed E-state index contributed by atoms with van der Waals surface area (Å²) in [4.78, 5) is 4.24. The highest BCUT2D eigenvalue weighted by Crippen LogP contribution is 2.30. The summed E-state index contributed by atoms with van der Waals surface area (Å²) in [6, 6.07) is 1.91. The molecule has 0 spiro atoms. The van der Waals surface area contributed by atoms with Gasteiger partial charge >= 0.3 is 0 Å². The minimum atomic E-state index is -0.493. The summed E-state index contributed by atoms with van der Waals surface area (Å²) < 4.78 is 1.76. The second-order valence-electron chi connectivity index (χ2n) is 3.73. The molecule has 0 amide bonds. The molecular formula is C11H15Br2NO. The van der Waals surface area contributed by atoms with Gasteiger partial charge in [0.2, 0.25) is 0 Å². The minimum Gasteiger partial charge on any atom is -0.386 e. The van der Waals surface area contributed by atoms with E-state index in [2.05, 4.69) is 43.8 Å². The average Bonchev–Trinajstić information content (AvgIpc) is 2.17. The zero-order valence-electron chi connectivity index (χ0n) is 8.87. The van der Waals surface area contributed by atoms with Gasteiger partial charge in [-0.05, 0) is 50.3 Å². The molecule has 0 aliphatic rings. The van der Waals surface area contributed by atoms with E-state index >= 15 is 0 Å². The monoisotopic (exact) mass is 335 g/mol. The topological polar surface area (TPSA) is 33.1 Å². The van der Waals surface area contributed by atoms with Gasteiger partial charge in [0.05, 0.1) is 11.8 Å². The number of pyridine rings is 1. The van der Waals surface area contributed by atoms with Crippen molar-refractivity contribution in [2.45, 2.75) is 32.8 Å². The lowest BCUT2D eigenvalue weighted by molar-refractivity contribution is 0.107. The molecule has 1 aromatic rings. The summed E-state index contributed by atoms with van der Waals surface area (Å²) in [5, 5.41) is 10.1. The smallest absolute Gasteiger partial charge is 0.0996 e. The zero-order valence-corrected chi connectivity index (χ0v) is 12.0. The molecule has 4 heteroatoms. The van der Waals surface area contributed by atoms with Crippen molar-refractivity contribution in [2.75, 3.05) is 0 Å². The number of halogens is 2. The fraction of sp³-hybridized carbons (Fsp3) is 0.545. The predicted octanol–water partition coefficient (Wildman–Crippen LogP) is 4.08. The molecule has 1 aromatic heterocycles. The third-order valence-corrected chi connectivity index (χ3v) is 3.47. The first-order valence-electron chi connectivity index (χ1n) is 5.05.